The summed E-state index contributed by atoms with van der Waals surface area (Å²) in [7, 11) is 0. The molecule has 0 saturated carbocycles. The van der Waals surface area contributed by atoms with Crippen LogP contribution in [0.4, 0.5) is 5.82 Å². The van der Waals surface area contributed by atoms with Crippen molar-refractivity contribution in [3.05, 3.63) is 124 Å². The second kappa shape index (κ2) is 12.6. The zero-order valence-electron chi connectivity index (χ0n) is 25.5. The Morgan fingerprint density at radius 2 is 1.98 bits per heavy atom. The molecule has 1 aliphatic carbocycles. The predicted octanol–water partition coefficient (Wildman–Crippen LogP) is 6.15. The topological polar surface area (TPSA) is 123 Å². The van der Waals surface area contributed by atoms with E-state index in [1.807, 2.05) is 61.5 Å². The molecular formula is C36H35N7O2. The molecule has 5 aromatic rings. The van der Waals surface area contributed by atoms with E-state index >= 15 is 0 Å². The van der Waals surface area contributed by atoms with E-state index in [-0.39, 0.29) is 17.2 Å². The van der Waals surface area contributed by atoms with Crippen molar-refractivity contribution in [2.24, 2.45) is 10.9 Å². The van der Waals surface area contributed by atoms with Crippen LogP contribution in [-0.2, 0) is 0 Å². The summed E-state index contributed by atoms with van der Waals surface area (Å²) in [6.07, 6.45) is 10.9. The summed E-state index contributed by atoms with van der Waals surface area (Å²) in [5.74, 6) is 7.51. The van der Waals surface area contributed by atoms with Crippen LogP contribution >= 0.6 is 0 Å². The Morgan fingerprint density at radius 1 is 1.16 bits per heavy atom. The number of rotatable bonds is 4. The van der Waals surface area contributed by atoms with Crippen LogP contribution in [0.3, 0.4) is 0 Å². The number of hydrogen-bond donors (Lipinski definition) is 3. The van der Waals surface area contributed by atoms with E-state index in [0.29, 0.717) is 39.5 Å². The first-order chi connectivity index (χ1) is 21.8. The van der Waals surface area contributed by atoms with Gasteiger partial charge in [-0.25, -0.2) is 9.50 Å². The van der Waals surface area contributed by atoms with Gasteiger partial charge in [0.2, 0.25) is 0 Å². The average Bonchev–Trinajstić information content (AvgIpc) is 3.38. The van der Waals surface area contributed by atoms with Gasteiger partial charge in [-0.1, -0.05) is 60.7 Å². The van der Waals surface area contributed by atoms with Crippen molar-refractivity contribution in [3.63, 3.8) is 0 Å². The molecule has 0 fully saturated rings. The highest BCUT2D eigenvalue weighted by Crippen LogP contribution is 2.27. The number of hydroxylamine groups is 1. The van der Waals surface area contributed by atoms with Crippen LogP contribution in [0.15, 0.2) is 106 Å². The number of amidine groups is 1. The SMILES string of the molecule is C/C1=C/C(C#Cc2cccc3cc(C(C)N=C(NO)c4c(N)nn5cccnc45)n(-c4ccccc4)c(=O)c23)=C\CC(C)CC1. The zero-order valence-corrected chi connectivity index (χ0v) is 25.5. The molecule has 6 rings (SSSR count). The number of nitrogens with one attached hydrogen (secondary N) is 1. The Labute approximate surface area is 261 Å². The van der Waals surface area contributed by atoms with Gasteiger partial charge < -0.3 is 5.73 Å². The summed E-state index contributed by atoms with van der Waals surface area (Å²) in [6, 6.07) is 18.3. The van der Waals surface area contributed by atoms with Crippen molar-refractivity contribution in [2.45, 2.75) is 46.1 Å². The van der Waals surface area contributed by atoms with E-state index in [4.69, 9.17) is 10.7 Å². The zero-order chi connectivity index (χ0) is 31.5. The van der Waals surface area contributed by atoms with E-state index in [0.717, 1.165) is 23.8 Å². The maximum atomic E-state index is 14.4. The molecular weight excluding hydrogens is 562 g/mol. The third kappa shape index (κ3) is 6.01. The minimum absolute atomic E-state index is 0.0885. The van der Waals surface area contributed by atoms with Crippen LogP contribution in [0.5, 0.6) is 0 Å². The molecule has 0 spiro atoms. The van der Waals surface area contributed by atoms with E-state index in [9.17, 15) is 10.0 Å². The number of para-hydroxylation sites is 1. The van der Waals surface area contributed by atoms with Crippen LogP contribution in [-0.4, -0.2) is 30.2 Å². The number of benzene rings is 2. The fraction of sp³-hybridized carbons (Fsp3) is 0.222. The molecule has 9 nitrogen and oxygen atoms in total. The first-order valence-electron chi connectivity index (χ1n) is 15.0. The number of nitrogens with zero attached hydrogens (tertiary/aromatic N) is 5. The molecule has 226 valence electrons. The lowest BCUT2D eigenvalue weighted by Crippen LogP contribution is -2.26. The van der Waals surface area contributed by atoms with Crippen molar-refractivity contribution in [1.82, 2.24) is 24.6 Å². The number of aliphatic imine (C=N–C) groups is 1. The average molecular weight is 598 g/mol. The van der Waals surface area contributed by atoms with E-state index in [2.05, 4.69) is 53.4 Å². The molecule has 9 heteroatoms. The molecule has 0 saturated heterocycles. The number of nitrogen functional groups attached to an aromatic ring is 1. The van der Waals surface area contributed by atoms with Gasteiger partial charge in [0.1, 0.15) is 5.56 Å². The summed E-state index contributed by atoms with van der Waals surface area (Å²) in [5.41, 5.74) is 13.2. The molecule has 1 aliphatic rings. The molecule has 3 aromatic heterocycles. The third-order valence-corrected chi connectivity index (χ3v) is 8.12. The fourth-order valence-electron chi connectivity index (χ4n) is 5.72. The minimum atomic E-state index is -0.597. The first kappa shape index (κ1) is 29.6. The van der Waals surface area contributed by atoms with Gasteiger partial charge in [-0.15, -0.1) is 5.10 Å². The standard InChI is InChI=1S/C36H35N7O2/c1-23-13-14-24(2)21-26(16-15-23)17-18-27-9-7-10-28-22-30(43(36(44)31(27)28)29-11-5-4-6-12-29)25(3)39-34(41-45)32-33(37)40-42-20-8-19-38-35(32)42/h4-12,16,19-23,25,45H,13-15H2,1-3H3,(H2,37,40)(H,39,41)/b24-21-,26-16-. The lowest BCUT2D eigenvalue weighted by atomic mass is 9.93. The number of aromatic nitrogens is 4. The van der Waals surface area contributed by atoms with Gasteiger partial charge in [-0.3, -0.25) is 25.0 Å². The Bertz CT molecular complexity index is 2110. The molecule has 4 N–H and O–H groups in total. The van der Waals surface area contributed by atoms with Crippen LogP contribution in [0.1, 0.15) is 62.9 Å². The Balaban J connectivity index is 1.51. The number of pyridine rings is 1. The summed E-state index contributed by atoms with van der Waals surface area (Å²) in [4.78, 5) is 23.6. The molecule has 3 heterocycles. The van der Waals surface area contributed by atoms with Crippen LogP contribution in [0, 0.1) is 17.8 Å². The van der Waals surface area contributed by atoms with E-state index in [1.165, 1.54) is 16.5 Å². The Morgan fingerprint density at radius 3 is 2.78 bits per heavy atom. The normalized spacial score (nSPS) is 18.6. The van der Waals surface area contributed by atoms with Crippen LogP contribution < -0.4 is 16.8 Å². The van der Waals surface area contributed by atoms with Crippen molar-refractivity contribution in [1.29, 1.82) is 0 Å². The van der Waals surface area contributed by atoms with E-state index in [1.54, 1.807) is 23.0 Å². The highest BCUT2D eigenvalue weighted by Gasteiger charge is 2.21. The predicted molar refractivity (Wildman–Crippen MR) is 179 cm³/mol. The number of hydrogen-bond acceptors (Lipinski definition) is 6. The molecule has 0 radical (unpaired) electrons. The maximum absolute atomic E-state index is 14.4. The van der Waals surface area contributed by atoms with Crippen molar-refractivity contribution in [2.75, 3.05) is 5.73 Å². The minimum Gasteiger partial charge on any atom is -0.382 e. The third-order valence-electron chi connectivity index (χ3n) is 8.12. The lowest BCUT2D eigenvalue weighted by molar-refractivity contribution is 0.234. The van der Waals surface area contributed by atoms with Gasteiger partial charge >= 0.3 is 0 Å². The van der Waals surface area contributed by atoms with Gasteiger partial charge in [0.25, 0.3) is 5.56 Å². The molecule has 0 bridgehead atoms. The largest absolute Gasteiger partial charge is 0.382 e. The van der Waals surface area contributed by atoms with Crippen LogP contribution in [0.2, 0.25) is 0 Å². The highest BCUT2D eigenvalue weighted by atomic mass is 16.5. The van der Waals surface area contributed by atoms with Gasteiger partial charge in [0, 0.05) is 29.2 Å². The van der Waals surface area contributed by atoms with Crippen LogP contribution in [0.25, 0.3) is 22.1 Å². The van der Waals surface area contributed by atoms with Gasteiger partial charge in [0.15, 0.2) is 17.3 Å². The molecule has 2 atom stereocenters. The van der Waals surface area contributed by atoms with Gasteiger partial charge in [-0.2, -0.15) is 0 Å². The summed E-state index contributed by atoms with van der Waals surface area (Å²) >= 11 is 0. The summed E-state index contributed by atoms with van der Waals surface area (Å²) in [5, 5.41) is 15.7. The summed E-state index contributed by atoms with van der Waals surface area (Å²) < 4.78 is 3.18. The number of fused-ring (bicyclic) bond motifs is 2. The number of allylic oxidation sites excluding steroid dienone is 4. The smallest absolute Gasteiger partial charge is 0.264 e. The first-order valence-corrected chi connectivity index (χ1v) is 15.0. The molecule has 0 aliphatic heterocycles. The molecule has 0 amide bonds. The van der Waals surface area contributed by atoms with Crippen molar-refractivity contribution < 1.29 is 5.21 Å². The molecule has 45 heavy (non-hydrogen) atoms. The fourth-order valence-corrected chi connectivity index (χ4v) is 5.72. The summed E-state index contributed by atoms with van der Waals surface area (Å²) in [6.45, 7) is 6.27. The quantitative estimate of drug-likeness (QED) is 0.0989. The van der Waals surface area contributed by atoms with E-state index < -0.39 is 6.04 Å². The van der Waals surface area contributed by atoms with Crippen molar-refractivity contribution >= 4 is 28.1 Å². The number of anilines is 1. The highest BCUT2D eigenvalue weighted by molar-refractivity contribution is 6.07. The van der Waals surface area contributed by atoms with Gasteiger partial charge in [0.05, 0.1) is 17.1 Å². The second-order valence-corrected chi connectivity index (χ2v) is 11.5. The molecule has 2 aromatic carbocycles. The Kier molecular flexibility index (Phi) is 8.32. The maximum Gasteiger partial charge on any atom is 0.264 e. The Hall–Kier alpha value is -5.46. The van der Waals surface area contributed by atoms with Crippen molar-refractivity contribution in [3.8, 4) is 17.5 Å². The monoisotopic (exact) mass is 597 g/mol. The van der Waals surface area contributed by atoms with Gasteiger partial charge in [-0.05, 0) is 80.8 Å². The second-order valence-electron chi connectivity index (χ2n) is 11.5. The lowest BCUT2D eigenvalue weighted by Gasteiger charge is -2.19. The molecule has 2 unspecified atom stereocenters. The number of nitrogens with two attached hydrogens (primary N) is 1.